The van der Waals surface area contributed by atoms with Crippen LogP contribution in [0.3, 0.4) is 0 Å². The zero-order chi connectivity index (χ0) is 6.27. The third-order valence-electron chi connectivity index (χ3n) is 1.95. The Morgan fingerprint density at radius 2 is 2.56 bits per heavy atom. The molecule has 9 heavy (non-hydrogen) atoms. The molecule has 3 heteroatoms. The van der Waals surface area contributed by atoms with E-state index >= 15 is 0 Å². The van der Waals surface area contributed by atoms with Gasteiger partial charge in [0, 0.05) is 5.25 Å². The van der Waals surface area contributed by atoms with Crippen LogP contribution in [0.2, 0.25) is 0 Å². The highest BCUT2D eigenvalue weighted by molar-refractivity contribution is 8.01. The molecule has 0 radical (unpaired) electrons. The summed E-state index contributed by atoms with van der Waals surface area (Å²) in [4.78, 5) is 11.0. The van der Waals surface area contributed by atoms with Crippen LogP contribution in [-0.2, 0) is 4.79 Å². The standard InChI is InChI=1S/C6H9NOS/c8-4-3-9-5-1-2-7-6(4)5/h5-7H,1-3H2. The Hall–Kier alpha value is -0.0200. The molecule has 0 spiro atoms. The van der Waals surface area contributed by atoms with Crippen LogP contribution in [0.4, 0.5) is 0 Å². The highest BCUT2D eigenvalue weighted by Gasteiger charge is 2.38. The lowest BCUT2D eigenvalue weighted by Gasteiger charge is -2.02. The third kappa shape index (κ3) is 0.792. The van der Waals surface area contributed by atoms with Gasteiger partial charge in [-0.2, -0.15) is 0 Å². The number of Topliss-reactive ketones (excluding diaryl/α,β-unsaturated/α-hetero) is 1. The van der Waals surface area contributed by atoms with Gasteiger partial charge in [0.2, 0.25) is 0 Å². The number of ketones is 1. The number of carbonyl (C=O) groups excluding carboxylic acids is 1. The largest absolute Gasteiger partial charge is 0.306 e. The van der Waals surface area contributed by atoms with Crippen molar-refractivity contribution in [3.8, 4) is 0 Å². The molecule has 0 amide bonds. The average molecular weight is 143 g/mol. The molecule has 2 saturated heterocycles. The van der Waals surface area contributed by atoms with Gasteiger partial charge in [0.1, 0.15) is 0 Å². The van der Waals surface area contributed by atoms with Gasteiger partial charge in [-0.3, -0.25) is 4.79 Å². The zero-order valence-electron chi connectivity index (χ0n) is 5.09. The number of rotatable bonds is 0. The molecular formula is C6H9NOS. The molecule has 0 saturated carbocycles. The Labute approximate surface area is 58.4 Å². The Balaban J connectivity index is 2.15. The van der Waals surface area contributed by atoms with E-state index in [0.29, 0.717) is 11.0 Å². The average Bonchev–Trinajstić information content (AvgIpc) is 2.35. The number of thioether (sulfide) groups is 1. The number of nitrogens with one attached hydrogen (secondary N) is 1. The van der Waals surface area contributed by atoms with Crippen molar-refractivity contribution in [1.29, 1.82) is 0 Å². The monoisotopic (exact) mass is 143 g/mol. The van der Waals surface area contributed by atoms with E-state index in [2.05, 4.69) is 5.32 Å². The molecule has 2 atom stereocenters. The summed E-state index contributed by atoms with van der Waals surface area (Å²) in [6.45, 7) is 1.04. The molecule has 2 aliphatic rings. The van der Waals surface area contributed by atoms with Crippen molar-refractivity contribution >= 4 is 17.5 Å². The molecule has 0 aromatic heterocycles. The van der Waals surface area contributed by atoms with Gasteiger partial charge >= 0.3 is 0 Å². The summed E-state index contributed by atoms with van der Waals surface area (Å²) in [7, 11) is 0. The molecule has 50 valence electrons. The van der Waals surface area contributed by atoms with Crippen LogP contribution >= 0.6 is 11.8 Å². The molecule has 2 heterocycles. The van der Waals surface area contributed by atoms with Crippen molar-refractivity contribution in [2.24, 2.45) is 0 Å². The lowest BCUT2D eigenvalue weighted by atomic mass is 10.2. The van der Waals surface area contributed by atoms with Gasteiger partial charge in [0.25, 0.3) is 0 Å². The predicted octanol–water partition coefficient (Wildman–Crippen LogP) is 0.0328. The Morgan fingerprint density at radius 3 is 3.33 bits per heavy atom. The van der Waals surface area contributed by atoms with E-state index in [1.165, 1.54) is 6.42 Å². The van der Waals surface area contributed by atoms with Gasteiger partial charge in [-0.05, 0) is 13.0 Å². The van der Waals surface area contributed by atoms with Crippen LogP contribution < -0.4 is 5.32 Å². The summed E-state index contributed by atoms with van der Waals surface area (Å²) in [5.74, 6) is 1.14. The number of hydrogen-bond acceptors (Lipinski definition) is 3. The molecule has 2 aliphatic heterocycles. The van der Waals surface area contributed by atoms with Gasteiger partial charge in [0.15, 0.2) is 5.78 Å². The molecule has 2 nitrogen and oxygen atoms in total. The second-order valence-electron chi connectivity index (χ2n) is 2.54. The maximum absolute atomic E-state index is 11.0. The summed E-state index contributed by atoms with van der Waals surface area (Å²) in [6, 6.07) is 0.218. The number of fused-ring (bicyclic) bond motifs is 1. The Bertz CT molecular complexity index is 148. The van der Waals surface area contributed by atoms with Gasteiger partial charge in [-0.15, -0.1) is 11.8 Å². The molecule has 0 aliphatic carbocycles. The normalized spacial score (nSPS) is 41.6. The first kappa shape index (κ1) is 5.74. The van der Waals surface area contributed by atoms with E-state index in [1.54, 1.807) is 0 Å². The Kier molecular flexibility index (Phi) is 1.27. The maximum atomic E-state index is 11.0. The van der Waals surface area contributed by atoms with E-state index < -0.39 is 0 Å². The molecule has 0 aromatic rings. The van der Waals surface area contributed by atoms with Crippen LogP contribution in [0, 0.1) is 0 Å². The fraction of sp³-hybridized carbons (Fsp3) is 0.833. The van der Waals surface area contributed by atoms with E-state index in [0.717, 1.165) is 12.3 Å². The summed E-state index contributed by atoms with van der Waals surface area (Å²) in [5.41, 5.74) is 0. The van der Waals surface area contributed by atoms with Gasteiger partial charge < -0.3 is 5.32 Å². The van der Waals surface area contributed by atoms with Crippen LogP contribution in [0.15, 0.2) is 0 Å². The van der Waals surface area contributed by atoms with Crippen molar-refractivity contribution in [2.75, 3.05) is 12.3 Å². The minimum absolute atomic E-state index is 0.218. The van der Waals surface area contributed by atoms with Gasteiger partial charge in [-0.25, -0.2) is 0 Å². The summed E-state index contributed by atoms with van der Waals surface area (Å²) in [6.07, 6.45) is 1.18. The predicted molar refractivity (Wildman–Crippen MR) is 37.7 cm³/mol. The highest BCUT2D eigenvalue weighted by Crippen LogP contribution is 2.29. The first-order valence-electron chi connectivity index (χ1n) is 3.25. The molecule has 2 unspecified atom stereocenters. The molecule has 0 aromatic carbocycles. The maximum Gasteiger partial charge on any atom is 0.160 e. The first-order valence-corrected chi connectivity index (χ1v) is 4.30. The lowest BCUT2D eigenvalue weighted by Crippen LogP contribution is -2.32. The summed E-state index contributed by atoms with van der Waals surface area (Å²) < 4.78 is 0. The second-order valence-corrected chi connectivity index (χ2v) is 3.76. The molecular weight excluding hydrogens is 134 g/mol. The van der Waals surface area contributed by atoms with E-state index in [4.69, 9.17) is 0 Å². The highest BCUT2D eigenvalue weighted by atomic mass is 32.2. The minimum atomic E-state index is 0.218. The molecule has 2 fully saturated rings. The van der Waals surface area contributed by atoms with Crippen LogP contribution in [0.1, 0.15) is 6.42 Å². The molecule has 0 bridgehead atoms. The fourth-order valence-electron chi connectivity index (χ4n) is 1.46. The van der Waals surface area contributed by atoms with Crippen LogP contribution in [0.25, 0.3) is 0 Å². The fourth-order valence-corrected chi connectivity index (χ4v) is 2.74. The zero-order valence-corrected chi connectivity index (χ0v) is 5.91. The van der Waals surface area contributed by atoms with Crippen LogP contribution in [0.5, 0.6) is 0 Å². The van der Waals surface area contributed by atoms with Crippen LogP contribution in [-0.4, -0.2) is 29.4 Å². The van der Waals surface area contributed by atoms with Gasteiger partial charge in [0.05, 0.1) is 11.8 Å². The second kappa shape index (κ2) is 1.99. The molecule has 1 N–H and O–H groups in total. The van der Waals surface area contributed by atoms with E-state index in [-0.39, 0.29) is 6.04 Å². The van der Waals surface area contributed by atoms with Gasteiger partial charge in [-0.1, -0.05) is 0 Å². The SMILES string of the molecule is O=C1CSC2CCNC12. The number of hydrogen-bond donors (Lipinski definition) is 1. The van der Waals surface area contributed by atoms with E-state index in [9.17, 15) is 4.79 Å². The topological polar surface area (TPSA) is 29.1 Å². The van der Waals surface area contributed by atoms with E-state index in [1.807, 2.05) is 11.8 Å². The quantitative estimate of drug-likeness (QED) is 0.519. The minimum Gasteiger partial charge on any atom is -0.306 e. The smallest absolute Gasteiger partial charge is 0.160 e. The first-order chi connectivity index (χ1) is 4.38. The summed E-state index contributed by atoms with van der Waals surface area (Å²) >= 11 is 1.81. The van der Waals surface area contributed by atoms with Crippen molar-refractivity contribution < 1.29 is 4.79 Å². The van der Waals surface area contributed by atoms with Crippen molar-refractivity contribution in [3.63, 3.8) is 0 Å². The summed E-state index contributed by atoms with van der Waals surface area (Å²) in [5, 5.41) is 3.81. The molecule has 2 rings (SSSR count). The Morgan fingerprint density at radius 1 is 1.67 bits per heavy atom. The third-order valence-corrected chi connectivity index (χ3v) is 3.34. The number of carbonyl (C=O) groups is 1. The lowest BCUT2D eigenvalue weighted by molar-refractivity contribution is -0.117. The van der Waals surface area contributed by atoms with Crippen molar-refractivity contribution in [1.82, 2.24) is 5.32 Å². The van der Waals surface area contributed by atoms with Crippen molar-refractivity contribution in [3.05, 3.63) is 0 Å². The van der Waals surface area contributed by atoms with Crippen molar-refractivity contribution in [2.45, 2.75) is 17.7 Å².